The number of ether oxygens (including phenoxy) is 5. The molecule has 0 spiro atoms. The molecule has 0 bridgehead atoms. The lowest BCUT2D eigenvalue weighted by atomic mass is 9.70. The summed E-state index contributed by atoms with van der Waals surface area (Å²) < 4.78 is 32.5. The number of aliphatic hydroxyl groups excluding tert-OH is 1. The number of carbonyl (C=O) groups excluding carboxylic acids is 2. The van der Waals surface area contributed by atoms with Crippen LogP contribution in [0.4, 0.5) is 0 Å². The van der Waals surface area contributed by atoms with Crippen molar-refractivity contribution in [3.05, 3.63) is 11.1 Å². The molecule has 0 aliphatic carbocycles. The Hall–Kier alpha value is -1.01. The molecular formula is C43H77NO8S. The Bertz CT molecular complexity index is 1250. The van der Waals surface area contributed by atoms with Gasteiger partial charge in [-0.2, -0.15) is 12.6 Å². The van der Waals surface area contributed by atoms with Crippen LogP contribution in [0.15, 0.2) is 11.1 Å². The van der Waals surface area contributed by atoms with E-state index >= 15 is 0 Å². The maximum Gasteiger partial charge on any atom is 0.311 e. The summed E-state index contributed by atoms with van der Waals surface area (Å²) >= 11 is 4.87. The van der Waals surface area contributed by atoms with Crippen LogP contribution in [-0.4, -0.2) is 83.9 Å². The maximum atomic E-state index is 14.4. The molecule has 2 saturated heterocycles. The van der Waals surface area contributed by atoms with Crippen LogP contribution in [0.3, 0.4) is 0 Å². The monoisotopic (exact) mass is 768 g/mol. The van der Waals surface area contributed by atoms with Crippen molar-refractivity contribution >= 4 is 24.4 Å². The molecule has 9 nitrogen and oxygen atoms in total. The summed E-state index contributed by atoms with van der Waals surface area (Å²) in [5, 5.41) is 14.5. The predicted octanol–water partition coefficient (Wildman–Crippen LogP) is 8.31. The third-order valence-electron chi connectivity index (χ3n) is 13.1. The van der Waals surface area contributed by atoms with Crippen LogP contribution >= 0.6 is 12.6 Å². The molecule has 53 heavy (non-hydrogen) atoms. The average Bonchev–Trinajstić information content (AvgIpc) is 3.06. The molecule has 10 heteroatoms. The zero-order chi connectivity index (χ0) is 40.2. The number of carbonyl (C=O) groups is 2. The molecule has 0 saturated carbocycles. The summed E-state index contributed by atoms with van der Waals surface area (Å²) in [5.74, 6) is -1.90. The standard InChI is InChI=1S/C43H77NO8S/c1-16-19-44-33-20-25(5)48-40(27(33)7)52-38-28(8)36(51-35-22-41(11,12)32(17-2)30(10)49-35)29(9)39(47)50-34(18-3)43(15,53)37(46)26(6)31(23-45)24(4)21-42(38,13)14/h25-30,32-36,38,40,44-45,53H,16-23H2,1-15H3/b31-24-. The Labute approximate surface area is 328 Å². The first-order valence-electron chi connectivity index (χ1n) is 20.7. The fourth-order valence-electron chi connectivity index (χ4n) is 9.97. The number of nitrogens with one attached hydrogen (secondary N) is 1. The highest BCUT2D eigenvalue weighted by Gasteiger charge is 2.50. The van der Waals surface area contributed by atoms with Crippen LogP contribution in [0.1, 0.15) is 142 Å². The summed E-state index contributed by atoms with van der Waals surface area (Å²) in [4.78, 5) is 28.6. The Balaban J connectivity index is 2.22. The Morgan fingerprint density at radius 2 is 1.55 bits per heavy atom. The number of thiol groups is 1. The van der Waals surface area contributed by atoms with E-state index in [1.54, 1.807) is 6.92 Å². The molecule has 3 aliphatic heterocycles. The molecule has 3 rings (SSSR count). The third kappa shape index (κ3) is 10.7. The first-order valence-corrected chi connectivity index (χ1v) is 21.1. The smallest absolute Gasteiger partial charge is 0.311 e. The van der Waals surface area contributed by atoms with Crippen molar-refractivity contribution in [1.29, 1.82) is 0 Å². The quantitative estimate of drug-likeness (QED) is 0.115. The van der Waals surface area contributed by atoms with Crippen LogP contribution in [0, 0.1) is 40.4 Å². The molecule has 2 N–H and O–H groups in total. The van der Waals surface area contributed by atoms with Gasteiger partial charge in [0, 0.05) is 30.2 Å². The van der Waals surface area contributed by atoms with Crippen molar-refractivity contribution in [1.82, 2.24) is 5.32 Å². The summed E-state index contributed by atoms with van der Waals surface area (Å²) in [6.07, 6.45) is 1.54. The second-order valence-corrected chi connectivity index (χ2v) is 19.4. The van der Waals surface area contributed by atoms with Gasteiger partial charge < -0.3 is 34.1 Å². The molecule has 0 radical (unpaired) electrons. The van der Waals surface area contributed by atoms with E-state index in [0.29, 0.717) is 30.8 Å². The number of rotatable bonds is 10. The second kappa shape index (κ2) is 19.0. The Morgan fingerprint density at radius 3 is 2.09 bits per heavy atom. The van der Waals surface area contributed by atoms with Gasteiger partial charge >= 0.3 is 5.97 Å². The van der Waals surface area contributed by atoms with Gasteiger partial charge in [-0.25, -0.2) is 0 Å². The van der Waals surface area contributed by atoms with Gasteiger partial charge in [0.15, 0.2) is 18.4 Å². The minimum Gasteiger partial charge on any atom is -0.460 e. The normalized spacial score (nSPS) is 43.2. The second-order valence-electron chi connectivity index (χ2n) is 18.5. The number of ketones is 1. The van der Waals surface area contributed by atoms with Gasteiger partial charge in [0.2, 0.25) is 0 Å². The number of esters is 1. The molecule has 308 valence electrons. The Morgan fingerprint density at radius 1 is 0.906 bits per heavy atom. The first kappa shape index (κ1) is 46.4. The number of hydrogen-bond donors (Lipinski definition) is 3. The zero-order valence-electron chi connectivity index (χ0n) is 35.9. The van der Waals surface area contributed by atoms with E-state index in [1.165, 1.54) is 0 Å². The predicted molar refractivity (Wildman–Crippen MR) is 215 cm³/mol. The Kier molecular flexibility index (Phi) is 16.6. The van der Waals surface area contributed by atoms with Gasteiger partial charge in [0.05, 0.1) is 36.9 Å². The van der Waals surface area contributed by atoms with Gasteiger partial charge in [-0.05, 0) is 89.2 Å². The lowest BCUT2D eigenvalue weighted by molar-refractivity contribution is -0.291. The van der Waals surface area contributed by atoms with Crippen LogP contribution < -0.4 is 5.32 Å². The van der Waals surface area contributed by atoms with Gasteiger partial charge in [-0.3, -0.25) is 9.59 Å². The number of aliphatic hydroxyl groups is 1. The van der Waals surface area contributed by atoms with E-state index in [4.69, 9.17) is 36.3 Å². The topological polar surface area (TPSA) is 113 Å². The van der Waals surface area contributed by atoms with Crippen molar-refractivity contribution in [3.8, 4) is 0 Å². The molecule has 3 aliphatic rings. The lowest BCUT2D eigenvalue weighted by Crippen LogP contribution is -2.55. The minimum absolute atomic E-state index is 0.00898. The van der Waals surface area contributed by atoms with Crippen molar-refractivity contribution in [2.45, 2.75) is 196 Å². The molecular weight excluding hydrogens is 691 g/mol. The lowest BCUT2D eigenvalue weighted by Gasteiger charge is -2.50. The largest absolute Gasteiger partial charge is 0.460 e. The minimum atomic E-state index is -1.29. The molecule has 0 aromatic heterocycles. The summed E-state index contributed by atoms with van der Waals surface area (Å²) in [6, 6.07) is 0.225. The van der Waals surface area contributed by atoms with Crippen molar-refractivity contribution in [3.63, 3.8) is 0 Å². The van der Waals surface area contributed by atoms with E-state index in [-0.39, 0.29) is 47.9 Å². The van der Waals surface area contributed by atoms with Gasteiger partial charge in [0.1, 0.15) is 10.9 Å². The zero-order valence-corrected chi connectivity index (χ0v) is 36.8. The highest BCUT2D eigenvalue weighted by atomic mass is 32.1. The highest BCUT2D eigenvalue weighted by molar-refractivity contribution is 7.82. The van der Waals surface area contributed by atoms with Crippen molar-refractivity contribution in [2.75, 3.05) is 13.2 Å². The van der Waals surface area contributed by atoms with E-state index in [1.807, 2.05) is 27.7 Å². The number of cyclic esters (lactones) is 1. The van der Waals surface area contributed by atoms with Gasteiger partial charge in [-0.1, -0.05) is 81.2 Å². The van der Waals surface area contributed by atoms with Gasteiger partial charge in [0.25, 0.3) is 0 Å². The van der Waals surface area contributed by atoms with Crippen LogP contribution in [-0.2, 0) is 33.3 Å². The van der Waals surface area contributed by atoms with Crippen LogP contribution in [0.2, 0.25) is 0 Å². The molecule has 0 aromatic carbocycles. The van der Waals surface area contributed by atoms with E-state index in [2.05, 4.69) is 74.6 Å². The third-order valence-corrected chi connectivity index (χ3v) is 13.6. The molecule has 0 aromatic rings. The van der Waals surface area contributed by atoms with Crippen molar-refractivity contribution in [2.24, 2.45) is 40.4 Å². The van der Waals surface area contributed by atoms with Crippen LogP contribution in [0.25, 0.3) is 0 Å². The van der Waals surface area contributed by atoms with Crippen LogP contribution in [0.5, 0.6) is 0 Å². The van der Waals surface area contributed by atoms with E-state index in [0.717, 1.165) is 31.4 Å². The van der Waals surface area contributed by atoms with E-state index < -0.39 is 58.9 Å². The summed E-state index contributed by atoms with van der Waals surface area (Å²) in [5.41, 5.74) is 0.998. The molecule has 0 amide bonds. The maximum absolute atomic E-state index is 14.4. The first-order chi connectivity index (χ1) is 24.6. The highest BCUT2D eigenvalue weighted by Crippen LogP contribution is 2.46. The average molecular weight is 768 g/mol. The van der Waals surface area contributed by atoms with E-state index in [9.17, 15) is 14.7 Å². The number of Topliss-reactive ketones (excluding diaryl/α,β-unsaturated/α-hetero) is 1. The molecule has 3 heterocycles. The fourth-order valence-corrected chi connectivity index (χ4v) is 10.4. The van der Waals surface area contributed by atoms with Crippen molar-refractivity contribution < 1.29 is 38.4 Å². The van der Waals surface area contributed by atoms with Gasteiger partial charge in [-0.15, -0.1) is 0 Å². The SMILES string of the molecule is CCCNC1CC(C)OC(OC2C(C)C(OC3CC(C)(C)C(CC)C(C)O3)C(C)C(=O)OC(CC)C(C)(S)C(=O)C(C)/C(CO)=C(/C)CC2(C)C)C1C. The molecule has 14 unspecified atom stereocenters. The summed E-state index contributed by atoms with van der Waals surface area (Å²) in [7, 11) is 0. The fraction of sp³-hybridized carbons (Fsp3) is 0.907. The number of hydrogen-bond acceptors (Lipinski definition) is 10. The summed E-state index contributed by atoms with van der Waals surface area (Å²) in [6.45, 7) is 31.7. The molecule has 2 fully saturated rings. The number of allylic oxidation sites excluding steroid dienone is 1. The molecule has 14 atom stereocenters.